The molecule has 21 heavy (non-hydrogen) atoms. The molecule has 0 atom stereocenters. The summed E-state index contributed by atoms with van der Waals surface area (Å²) in [4.78, 5) is 21.9. The molecule has 0 aliphatic heterocycles. The van der Waals surface area contributed by atoms with Gasteiger partial charge in [0.2, 0.25) is 5.91 Å². The number of amides is 1. The number of nitro groups is 1. The molecule has 0 aliphatic rings. The lowest BCUT2D eigenvalue weighted by Gasteiger charge is -2.12. The van der Waals surface area contributed by atoms with E-state index in [9.17, 15) is 14.9 Å². The lowest BCUT2D eigenvalue weighted by Crippen LogP contribution is -2.30. The van der Waals surface area contributed by atoms with Crippen LogP contribution >= 0.6 is 0 Å². The Morgan fingerprint density at radius 3 is 2.67 bits per heavy atom. The van der Waals surface area contributed by atoms with E-state index in [4.69, 9.17) is 4.74 Å². The minimum atomic E-state index is -0.491. The van der Waals surface area contributed by atoms with E-state index in [1.54, 1.807) is 6.07 Å². The standard InChI is InChI=1S/C14H21N3O4/c1-4-5-15-14(18)9-16-11-6-12(17(19)20)8-13(7-11)21-10(2)3/h6-8,10,16H,4-5,9H2,1-3H3,(H,15,18). The maximum atomic E-state index is 11.5. The van der Waals surface area contributed by atoms with Gasteiger partial charge in [-0.05, 0) is 20.3 Å². The average molecular weight is 295 g/mol. The topological polar surface area (TPSA) is 93.5 Å². The Labute approximate surface area is 123 Å². The smallest absolute Gasteiger partial charge is 0.275 e. The molecular weight excluding hydrogens is 274 g/mol. The minimum Gasteiger partial charge on any atom is -0.491 e. The molecule has 0 unspecified atom stereocenters. The van der Waals surface area contributed by atoms with Gasteiger partial charge in [0, 0.05) is 24.4 Å². The second-order valence-electron chi connectivity index (χ2n) is 4.84. The lowest BCUT2D eigenvalue weighted by atomic mass is 10.2. The first-order valence-electron chi connectivity index (χ1n) is 6.89. The number of benzene rings is 1. The maximum Gasteiger partial charge on any atom is 0.275 e. The van der Waals surface area contributed by atoms with Crippen molar-refractivity contribution in [2.24, 2.45) is 0 Å². The van der Waals surface area contributed by atoms with Crippen LogP contribution in [0.5, 0.6) is 5.75 Å². The Bertz CT molecular complexity index is 503. The van der Waals surface area contributed by atoms with E-state index in [1.807, 2.05) is 20.8 Å². The fourth-order valence-corrected chi connectivity index (χ4v) is 1.64. The number of non-ortho nitro benzene ring substituents is 1. The molecule has 7 heteroatoms. The fourth-order valence-electron chi connectivity index (χ4n) is 1.64. The molecule has 0 aromatic heterocycles. The van der Waals surface area contributed by atoms with Crippen LogP contribution in [-0.2, 0) is 4.79 Å². The SMILES string of the molecule is CCCNC(=O)CNc1cc(OC(C)C)cc([N+](=O)[O-])c1. The van der Waals surface area contributed by atoms with E-state index < -0.39 is 4.92 Å². The molecular formula is C14H21N3O4. The summed E-state index contributed by atoms with van der Waals surface area (Å²) in [6, 6.07) is 4.38. The first-order valence-corrected chi connectivity index (χ1v) is 6.89. The molecule has 7 nitrogen and oxygen atoms in total. The van der Waals surface area contributed by atoms with Gasteiger partial charge in [0.15, 0.2) is 0 Å². The normalized spacial score (nSPS) is 10.3. The van der Waals surface area contributed by atoms with Gasteiger partial charge < -0.3 is 15.4 Å². The van der Waals surface area contributed by atoms with Gasteiger partial charge >= 0.3 is 0 Å². The average Bonchev–Trinajstić information content (AvgIpc) is 2.41. The van der Waals surface area contributed by atoms with Crippen LogP contribution in [-0.4, -0.2) is 30.0 Å². The summed E-state index contributed by atoms with van der Waals surface area (Å²) in [5.74, 6) is 0.241. The van der Waals surface area contributed by atoms with Gasteiger partial charge in [0.25, 0.3) is 5.69 Å². The molecule has 1 aromatic carbocycles. The monoisotopic (exact) mass is 295 g/mol. The number of carbonyl (C=O) groups excluding carboxylic acids is 1. The summed E-state index contributed by atoms with van der Waals surface area (Å²) in [6.07, 6.45) is 0.766. The summed E-state index contributed by atoms with van der Waals surface area (Å²) in [5.41, 5.74) is 0.399. The van der Waals surface area contributed by atoms with Gasteiger partial charge in [-0.25, -0.2) is 0 Å². The predicted octanol–water partition coefficient (Wildman–Crippen LogP) is 2.32. The zero-order valence-corrected chi connectivity index (χ0v) is 12.5. The molecule has 2 N–H and O–H groups in total. The zero-order valence-electron chi connectivity index (χ0n) is 12.5. The highest BCUT2D eigenvalue weighted by Gasteiger charge is 2.12. The largest absolute Gasteiger partial charge is 0.491 e. The Balaban J connectivity index is 2.78. The van der Waals surface area contributed by atoms with E-state index >= 15 is 0 Å². The second-order valence-corrected chi connectivity index (χ2v) is 4.84. The van der Waals surface area contributed by atoms with Gasteiger partial charge in [-0.15, -0.1) is 0 Å². The van der Waals surface area contributed by atoms with Crippen LogP contribution in [0.15, 0.2) is 18.2 Å². The first-order chi connectivity index (χ1) is 9.92. The third-order valence-corrected chi connectivity index (χ3v) is 2.50. The second kappa shape index (κ2) is 8.08. The molecule has 1 aromatic rings. The van der Waals surface area contributed by atoms with Gasteiger partial charge in [0.05, 0.1) is 23.6 Å². The Morgan fingerprint density at radius 1 is 1.38 bits per heavy atom. The predicted molar refractivity (Wildman–Crippen MR) is 80.7 cm³/mol. The van der Waals surface area contributed by atoms with Crippen LogP contribution in [0.4, 0.5) is 11.4 Å². The van der Waals surface area contributed by atoms with Crippen molar-refractivity contribution in [3.05, 3.63) is 28.3 Å². The third-order valence-electron chi connectivity index (χ3n) is 2.50. The van der Waals surface area contributed by atoms with Crippen molar-refractivity contribution in [3.8, 4) is 5.75 Å². The molecule has 0 saturated heterocycles. The van der Waals surface area contributed by atoms with Crippen LogP contribution in [0.2, 0.25) is 0 Å². The van der Waals surface area contributed by atoms with E-state index in [0.717, 1.165) is 6.42 Å². The first kappa shape index (κ1) is 16.7. The van der Waals surface area contributed by atoms with Gasteiger partial charge in [0.1, 0.15) is 5.75 Å². The van der Waals surface area contributed by atoms with Crippen LogP contribution in [0.1, 0.15) is 27.2 Å². The molecule has 0 spiro atoms. The molecule has 0 aliphatic carbocycles. The Hall–Kier alpha value is -2.31. The summed E-state index contributed by atoms with van der Waals surface area (Å²) >= 11 is 0. The molecule has 0 heterocycles. The number of hydrogen-bond acceptors (Lipinski definition) is 5. The van der Waals surface area contributed by atoms with Gasteiger partial charge in [-0.2, -0.15) is 0 Å². The molecule has 1 amide bonds. The van der Waals surface area contributed by atoms with Crippen LogP contribution in [0.25, 0.3) is 0 Å². The van der Waals surface area contributed by atoms with E-state index in [1.165, 1.54) is 12.1 Å². The molecule has 0 bridgehead atoms. The van der Waals surface area contributed by atoms with Crippen LogP contribution in [0, 0.1) is 10.1 Å². The Morgan fingerprint density at radius 2 is 2.10 bits per heavy atom. The summed E-state index contributed by atoms with van der Waals surface area (Å²) in [7, 11) is 0. The van der Waals surface area contributed by atoms with E-state index in [-0.39, 0.29) is 24.2 Å². The number of nitro benzene ring substituents is 1. The molecule has 1 rings (SSSR count). The number of nitrogens with one attached hydrogen (secondary N) is 2. The van der Waals surface area contributed by atoms with Crippen molar-refractivity contribution in [1.29, 1.82) is 0 Å². The number of rotatable bonds is 8. The summed E-state index contributed by atoms with van der Waals surface area (Å²) in [5, 5.41) is 16.5. The minimum absolute atomic E-state index is 0.0578. The number of carbonyl (C=O) groups is 1. The Kier molecular flexibility index (Phi) is 6.45. The third kappa shape index (κ3) is 6.11. The number of hydrogen-bond donors (Lipinski definition) is 2. The van der Waals surface area contributed by atoms with Crippen molar-refractivity contribution in [3.63, 3.8) is 0 Å². The fraction of sp³-hybridized carbons (Fsp3) is 0.500. The summed E-state index contributed by atoms with van der Waals surface area (Å²) in [6.45, 7) is 6.30. The van der Waals surface area contributed by atoms with Crippen molar-refractivity contribution < 1.29 is 14.5 Å². The van der Waals surface area contributed by atoms with Crippen molar-refractivity contribution in [2.75, 3.05) is 18.4 Å². The van der Waals surface area contributed by atoms with E-state index in [0.29, 0.717) is 18.0 Å². The van der Waals surface area contributed by atoms with Crippen molar-refractivity contribution in [1.82, 2.24) is 5.32 Å². The number of nitrogens with zero attached hydrogens (tertiary/aromatic N) is 1. The van der Waals surface area contributed by atoms with Gasteiger partial charge in [-0.1, -0.05) is 6.92 Å². The van der Waals surface area contributed by atoms with Crippen molar-refractivity contribution in [2.45, 2.75) is 33.3 Å². The van der Waals surface area contributed by atoms with Crippen molar-refractivity contribution >= 4 is 17.3 Å². The lowest BCUT2D eigenvalue weighted by molar-refractivity contribution is -0.384. The molecule has 0 saturated carbocycles. The molecule has 116 valence electrons. The van der Waals surface area contributed by atoms with Crippen LogP contribution in [0.3, 0.4) is 0 Å². The number of ether oxygens (including phenoxy) is 1. The molecule has 0 radical (unpaired) electrons. The quantitative estimate of drug-likeness (QED) is 0.567. The van der Waals surface area contributed by atoms with Crippen LogP contribution < -0.4 is 15.4 Å². The highest BCUT2D eigenvalue weighted by Crippen LogP contribution is 2.26. The highest BCUT2D eigenvalue weighted by molar-refractivity contribution is 5.80. The zero-order chi connectivity index (χ0) is 15.8. The highest BCUT2D eigenvalue weighted by atomic mass is 16.6. The van der Waals surface area contributed by atoms with E-state index in [2.05, 4.69) is 10.6 Å². The molecule has 0 fully saturated rings. The summed E-state index contributed by atoms with van der Waals surface area (Å²) < 4.78 is 5.47. The number of anilines is 1. The van der Waals surface area contributed by atoms with Gasteiger partial charge in [-0.3, -0.25) is 14.9 Å². The maximum absolute atomic E-state index is 11.5.